The number of nitrogens with one attached hydrogen (secondary N) is 1. The van der Waals surface area contributed by atoms with Gasteiger partial charge in [-0.2, -0.15) is 0 Å². The second-order valence-electron chi connectivity index (χ2n) is 9.35. The number of aryl methyl sites for hydroxylation is 1. The number of anilines is 1. The molecule has 0 bridgehead atoms. The lowest BCUT2D eigenvalue weighted by atomic mass is 9.99. The maximum absolute atomic E-state index is 13.3. The molecule has 3 aromatic carbocycles. The maximum Gasteiger partial charge on any atom is 0.340 e. The summed E-state index contributed by atoms with van der Waals surface area (Å²) in [5.41, 5.74) is 5.31. The number of benzene rings is 3. The number of aromatic nitrogens is 1. The quantitative estimate of drug-likeness (QED) is 0.325. The van der Waals surface area contributed by atoms with Crippen LogP contribution in [0.25, 0.3) is 22.3 Å². The van der Waals surface area contributed by atoms with Gasteiger partial charge in [0, 0.05) is 18.0 Å². The summed E-state index contributed by atoms with van der Waals surface area (Å²) >= 11 is 0. The van der Waals surface area contributed by atoms with Gasteiger partial charge in [0.2, 0.25) is 0 Å². The van der Waals surface area contributed by atoms with Crippen LogP contribution in [-0.2, 0) is 4.74 Å². The Bertz CT molecular complexity index is 1360. The van der Waals surface area contributed by atoms with E-state index in [1.807, 2.05) is 94.4 Å². The van der Waals surface area contributed by atoms with Gasteiger partial charge >= 0.3 is 5.97 Å². The van der Waals surface area contributed by atoms with E-state index in [-0.39, 0.29) is 5.91 Å². The van der Waals surface area contributed by atoms with Gasteiger partial charge in [-0.05, 0) is 85.8 Å². The Kier molecular flexibility index (Phi) is 6.78. The van der Waals surface area contributed by atoms with Crippen molar-refractivity contribution in [3.05, 3.63) is 108 Å². The van der Waals surface area contributed by atoms with Gasteiger partial charge in [0.25, 0.3) is 5.91 Å². The third-order valence-corrected chi connectivity index (χ3v) is 5.48. The number of pyridine rings is 1. The third kappa shape index (κ3) is 5.82. The van der Waals surface area contributed by atoms with Gasteiger partial charge in [-0.25, -0.2) is 4.79 Å². The van der Waals surface area contributed by atoms with Crippen LogP contribution in [0, 0.1) is 6.92 Å². The van der Waals surface area contributed by atoms with Crippen molar-refractivity contribution in [2.75, 3.05) is 5.32 Å². The van der Waals surface area contributed by atoms with Gasteiger partial charge < -0.3 is 10.1 Å². The van der Waals surface area contributed by atoms with E-state index in [4.69, 9.17) is 4.74 Å². The number of esters is 1. The summed E-state index contributed by atoms with van der Waals surface area (Å²) in [5.74, 6) is -0.782. The molecule has 1 amide bonds. The molecule has 0 aliphatic heterocycles. The Labute approximate surface area is 205 Å². The number of hydrogen-bond acceptors (Lipinski definition) is 4. The molecule has 0 aliphatic carbocycles. The van der Waals surface area contributed by atoms with Crippen molar-refractivity contribution >= 4 is 17.6 Å². The van der Waals surface area contributed by atoms with Gasteiger partial charge in [-0.15, -0.1) is 0 Å². The number of amides is 1. The summed E-state index contributed by atoms with van der Waals surface area (Å²) in [5, 5.41) is 2.95. The molecule has 1 N–H and O–H groups in total. The molecule has 1 aromatic heterocycles. The van der Waals surface area contributed by atoms with Gasteiger partial charge in [0.05, 0.1) is 11.3 Å². The summed E-state index contributed by atoms with van der Waals surface area (Å²) in [6.45, 7) is 7.34. The number of carbonyl (C=O) groups excluding carboxylic acids is 2. The Morgan fingerprint density at radius 1 is 0.743 bits per heavy atom. The first-order chi connectivity index (χ1) is 16.7. The molecule has 0 radical (unpaired) electrons. The van der Waals surface area contributed by atoms with Crippen molar-refractivity contribution < 1.29 is 14.3 Å². The molecule has 5 nitrogen and oxygen atoms in total. The SMILES string of the molecule is Cc1cc(-c2ccncc2)ccc1C(=O)Nc1cc(-c2ccccc2)ccc1C(=O)OC(C)(C)C. The highest BCUT2D eigenvalue weighted by Gasteiger charge is 2.22. The van der Waals surface area contributed by atoms with E-state index in [0.717, 1.165) is 27.8 Å². The summed E-state index contributed by atoms with van der Waals surface area (Å²) < 4.78 is 5.59. The number of carbonyl (C=O) groups is 2. The molecule has 5 heteroatoms. The van der Waals surface area contributed by atoms with Crippen LogP contribution in [0.1, 0.15) is 47.1 Å². The van der Waals surface area contributed by atoms with E-state index in [9.17, 15) is 9.59 Å². The predicted molar refractivity (Wildman–Crippen MR) is 139 cm³/mol. The summed E-state index contributed by atoms with van der Waals surface area (Å²) in [6, 6.07) is 24.7. The monoisotopic (exact) mass is 464 g/mol. The van der Waals surface area contributed by atoms with Crippen LogP contribution in [0.15, 0.2) is 91.3 Å². The highest BCUT2D eigenvalue weighted by Crippen LogP contribution is 2.29. The number of hydrogen-bond donors (Lipinski definition) is 1. The second-order valence-corrected chi connectivity index (χ2v) is 9.35. The van der Waals surface area contributed by atoms with Crippen LogP contribution < -0.4 is 5.32 Å². The molecule has 0 saturated heterocycles. The molecule has 0 atom stereocenters. The minimum atomic E-state index is -0.657. The van der Waals surface area contributed by atoms with E-state index < -0.39 is 11.6 Å². The highest BCUT2D eigenvalue weighted by atomic mass is 16.6. The van der Waals surface area contributed by atoms with Crippen molar-refractivity contribution in [2.45, 2.75) is 33.3 Å². The molecular weight excluding hydrogens is 436 g/mol. The zero-order chi connectivity index (χ0) is 25.0. The van der Waals surface area contributed by atoms with Crippen LogP contribution in [0.3, 0.4) is 0 Å². The third-order valence-electron chi connectivity index (χ3n) is 5.48. The Balaban J connectivity index is 1.68. The van der Waals surface area contributed by atoms with Crippen molar-refractivity contribution in [3.63, 3.8) is 0 Å². The first-order valence-electron chi connectivity index (χ1n) is 11.5. The fraction of sp³-hybridized carbons (Fsp3) is 0.167. The summed E-state index contributed by atoms with van der Waals surface area (Å²) in [7, 11) is 0. The molecule has 0 spiro atoms. The Morgan fingerprint density at radius 2 is 1.34 bits per heavy atom. The number of rotatable bonds is 5. The largest absolute Gasteiger partial charge is 0.456 e. The van der Waals surface area contributed by atoms with Crippen LogP contribution in [-0.4, -0.2) is 22.5 Å². The van der Waals surface area contributed by atoms with Crippen LogP contribution >= 0.6 is 0 Å². The molecule has 0 aliphatic rings. The zero-order valence-corrected chi connectivity index (χ0v) is 20.3. The van der Waals surface area contributed by atoms with Crippen LogP contribution in [0.4, 0.5) is 5.69 Å². The van der Waals surface area contributed by atoms with E-state index in [2.05, 4.69) is 10.3 Å². The minimum absolute atomic E-state index is 0.293. The molecule has 4 aromatic rings. The van der Waals surface area contributed by atoms with Crippen molar-refractivity contribution in [2.24, 2.45) is 0 Å². The lowest BCUT2D eigenvalue weighted by molar-refractivity contribution is 0.00708. The highest BCUT2D eigenvalue weighted by molar-refractivity contribution is 6.09. The maximum atomic E-state index is 13.3. The molecule has 0 unspecified atom stereocenters. The van der Waals surface area contributed by atoms with Gasteiger partial charge in [0.1, 0.15) is 5.60 Å². The van der Waals surface area contributed by atoms with Crippen LogP contribution in [0.2, 0.25) is 0 Å². The molecule has 0 saturated carbocycles. The number of nitrogens with zero attached hydrogens (tertiary/aromatic N) is 1. The average Bonchev–Trinajstić information content (AvgIpc) is 2.84. The zero-order valence-electron chi connectivity index (χ0n) is 20.3. The predicted octanol–water partition coefficient (Wildman–Crippen LogP) is 6.93. The van der Waals surface area contributed by atoms with E-state index in [0.29, 0.717) is 16.8 Å². The smallest absolute Gasteiger partial charge is 0.340 e. The van der Waals surface area contributed by atoms with E-state index in [1.54, 1.807) is 24.5 Å². The van der Waals surface area contributed by atoms with E-state index in [1.165, 1.54) is 0 Å². The minimum Gasteiger partial charge on any atom is -0.456 e. The van der Waals surface area contributed by atoms with Crippen molar-refractivity contribution in [1.82, 2.24) is 4.98 Å². The second kappa shape index (κ2) is 9.94. The molecule has 0 fully saturated rings. The van der Waals surface area contributed by atoms with Gasteiger partial charge in [-0.3, -0.25) is 9.78 Å². The Hall–Kier alpha value is -4.25. The normalized spacial score (nSPS) is 11.1. The summed E-state index contributed by atoms with van der Waals surface area (Å²) in [4.78, 5) is 30.3. The van der Waals surface area contributed by atoms with Crippen LogP contribution in [0.5, 0.6) is 0 Å². The first kappa shape index (κ1) is 23.9. The molecular formula is C30H28N2O3. The molecule has 1 heterocycles. The fourth-order valence-electron chi connectivity index (χ4n) is 3.80. The molecule has 176 valence electrons. The topological polar surface area (TPSA) is 68.3 Å². The average molecular weight is 465 g/mol. The van der Waals surface area contributed by atoms with Gasteiger partial charge in [-0.1, -0.05) is 48.5 Å². The standard InChI is InChI=1S/C30H28N2O3/c1-20-18-23(22-14-16-31-17-15-22)10-12-25(20)28(33)32-27-19-24(21-8-6-5-7-9-21)11-13-26(27)29(34)35-30(2,3)4/h5-19H,1-4H3,(H,32,33). The molecule has 4 rings (SSSR count). The Morgan fingerprint density at radius 3 is 1.97 bits per heavy atom. The van der Waals surface area contributed by atoms with Gasteiger partial charge in [0.15, 0.2) is 0 Å². The lowest BCUT2D eigenvalue weighted by Crippen LogP contribution is -2.25. The lowest BCUT2D eigenvalue weighted by Gasteiger charge is -2.21. The van der Waals surface area contributed by atoms with E-state index >= 15 is 0 Å². The number of ether oxygens (including phenoxy) is 1. The van der Waals surface area contributed by atoms with Crippen molar-refractivity contribution in [1.29, 1.82) is 0 Å². The first-order valence-corrected chi connectivity index (χ1v) is 11.5. The summed E-state index contributed by atoms with van der Waals surface area (Å²) in [6.07, 6.45) is 3.48. The molecule has 35 heavy (non-hydrogen) atoms. The van der Waals surface area contributed by atoms with Crippen molar-refractivity contribution in [3.8, 4) is 22.3 Å². The fourth-order valence-corrected chi connectivity index (χ4v) is 3.80.